The number of esters is 1. The van der Waals surface area contributed by atoms with Crippen molar-refractivity contribution in [3.63, 3.8) is 0 Å². The predicted octanol–water partition coefficient (Wildman–Crippen LogP) is 4.20. The number of likely N-dealkylation sites (tertiary alicyclic amines) is 1. The zero-order valence-corrected chi connectivity index (χ0v) is 23.4. The van der Waals surface area contributed by atoms with Gasteiger partial charge in [-0.1, -0.05) is 24.3 Å². The first-order valence-electron chi connectivity index (χ1n) is 13.7. The van der Waals surface area contributed by atoms with Crippen LogP contribution in [0.4, 0.5) is 5.69 Å². The molecule has 2 amide bonds. The van der Waals surface area contributed by atoms with Gasteiger partial charge in [-0.3, -0.25) is 14.4 Å². The normalized spacial score (nSPS) is 27.3. The number of unbranched alkanes of at least 4 members (excludes halogenated alkanes) is 2. The minimum atomic E-state index is -0.716. The van der Waals surface area contributed by atoms with Crippen molar-refractivity contribution < 1.29 is 24.2 Å². The molecule has 0 radical (unpaired) electrons. The number of carbonyl (C=O) groups excluding carboxylic acids is 3. The number of allylic oxidation sites excluding steroid dienone is 1. The lowest BCUT2D eigenvalue weighted by Crippen LogP contribution is -2.55. The number of benzene rings is 1. The number of nitrogens with zero attached hydrogens (tertiary/aromatic N) is 2. The van der Waals surface area contributed by atoms with E-state index in [0.29, 0.717) is 26.0 Å². The summed E-state index contributed by atoms with van der Waals surface area (Å²) in [4.78, 5) is 45.1. The first kappa shape index (κ1) is 28.4. The number of thioether (sulfide) groups is 1. The number of rotatable bonds is 13. The van der Waals surface area contributed by atoms with Crippen LogP contribution in [-0.4, -0.2) is 70.1 Å². The Morgan fingerprint density at radius 3 is 2.74 bits per heavy atom. The van der Waals surface area contributed by atoms with Gasteiger partial charge in [-0.05, 0) is 69.6 Å². The molecule has 5 atom stereocenters. The van der Waals surface area contributed by atoms with Gasteiger partial charge in [0, 0.05) is 30.6 Å². The van der Waals surface area contributed by atoms with Crippen molar-refractivity contribution >= 4 is 35.2 Å². The molecule has 3 saturated heterocycles. The Kier molecular flexibility index (Phi) is 9.04. The van der Waals surface area contributed by atoms with Gasteiger partial charge in [0.15, 0.2) is 0 Å². The molecule has 0 saturated carbocycles. The summed E-state index contributed by atoms with van der Waals surface area (Å²) in [6.45, 7) is 12.4. The Hall–Kier alpha value is -2.58. The van der Waals surface area contributed by atoms with Crippen LogP contribution < -0.4 is 4.90 Å². The summed E-state index contributed by atoms with van der Waals surface area (Å²) in [5.41, 5.74) is 2.81. The summed E-state index contributed by atoms with van der Waals surface area (Å²) >= 11 is 1.64. The Labute approximate surface area is 230 Å². The third kappa shape index (κ3) is 5.05. The maximum Gasteiger partial charge on any atom is 0.310 e. The summed E-state index contributed by atoms with van der Waals surface area (Å²) < 4.78 is 4.99. The Morgan fingerprint density at radius 2 is 2.03 bits per heavy atom. The second-order valence-electron chi connectivity index (χ2n) is 10.6. The number of ether oxygens (including phenoxy) is 1. The fourth-order valence-corrected chi connectivity index (χ4v) is 8.64. The highest BCUT2D eigenvalue weighted by Gasteiger charge is 2.74. The number of anilines is 1. The maximum absolute atomic E-state index is 14.5. The summed E-state index contributed by atoms with van der Waals surface area (Å²) in [6, 6.07) is 5.28. The number of aryl methyl sites for hydroxylation is 2. The van der Waals surface area contributed by atoms with E-state index in [2.05, 4.69) is 13.2 Å². The van der Waals surface area contributed by atoms with Gasteiger partial charge in [0.2, 0.25) is 5.91 Å². The molecule has 3 aliphatic heterocycles. The van der Waals surface area contributed by atoms with Crippen LogP contribution in [0, 0.1) is 25.7 Å². The monoisotopic (exact) mass is 540 g/mol. The average molecular weight is 541 g/mol. The molecular weight excluding hydrogens is 500 g/mol. The number of aliphatic hydroxyl groups excluding tert-OH is 1. The minimum Gasteiger partial charge on any atom is -0.465 e. The van der Waals surface area contributed by atoms with Crippen LogP contribution in [0.15, 0.2) is 43.5 Å². The van der Waals surface area contributed by atoms with Crippen LogP contribution in [0.2, 0.25) is 0 Å². The predicted molar refractivity (Wildman–Crippen MR) is 151 cm³/mol. The second kappa shape index (κ2) is 12.1. The number of hydrogen-bond acceptors (Lipinski definition) is 6. The highest BCUT2D eigenvalue weighted by Crippen LogP contribution is 2.66. The lowest BCUT2D eigenvalue weighted by molar-refractivity contribution is -0.154. The van der Waals surface area contributed by atoms with Crippen molar-refractivity contribution in [2.45, 2.75) is 68.4 Å². The summed E-state index contributed by atoms with van der Waals surface area (Å²) in [6.07, 6.45) is 7.91. The van der Waals surface area contributed by atoms with Gasteiger partial charge in [-0.2, -0.15) is 0 Å². The van der Waals surface area contributed by atoms with E-state index in [1.807, 2.05) is 38.1 Å². The zero-order valence-electron chi connectivity index (χ0n) is 22.6. The van der Waals surface area contributed by atoms with E-state index in [-0.39, 0.29) is 36.2 Å². The van der Waals surface area contributed by atoms with Crippen molar-refractivity contribution in [3.05, 3.63) is 54.6 Å². The highest BCUT2D eigenvalue weighted by atomic mass is 32.2. The number of fused-ring (bicyclic) bond motifs is 1. The van der Waals surface area contributed by atoms with Crippen molar-refractivity contribution in [3.8, 4) is 0 Å². The number of carbonyl (C=O) groups is 3. The van der Waals surface area contributed by atoms with E-state index >= 15 is 0 Å². The topological polar surface area (TPSA) is 87.2 Å². The second-order valence-corrected chi connectivity index (χ2v) is 12.2. The molecule has 2 unspecified atom stereocenters. The molecule has 1 aromatic carbocycles. The van der Waals surface area contributed by atoms with Crippen molar-refractivity contribution in [2.75, 3.05) is 31.2 Å². The Balaban J connectivity index is 1.67. The summed E-state index contributed by atoms with van der Waals surface area (Å²) in [7, 11) is 0. The molecule has 2 bridgehead atoms. The number of amides is 2. The lowest BCUT2D eigenvalue weighted by atomic mass is 9.71. The molecule has 8 heteroatoms. The molecule has 0 aliphatic carbocycles. The summed E-state index contributed by atoms with van der Waals surface area (Å²) in [5.74, 6) is -1.79. The van der Waals surface area contributed by atoms with Crippen molar-refractivity contribution in [2.24, 2.45) is 11.8 Å². The molecule has 4 rings (SSSR count). The third-order valence-corrected chi connectivity index (χ3v) is 10.1. The quantitative estimate of drug-likeness (QED) is 0.229. The van der Waals surface area contributed by atoms with E-state index in [9.17, 15) is 19.5 Å². The maximum atomic E-state index is 14.5. The smallest absolute Gasteiger partial charge is 0.310 e. The van der Waals surface area contributed by atoms with Crippen LogP contribution >= 0.6 is 11.8 Å². The fourth-order valence-electron chi connectivity index (χ4n) is 6.44. The number of aliphatic hydroxyl groups is 1. The van der Waals surface area contributed by atoms with Crippen LogP contribution in [0.1, 0.15) is 49.7 Å². The van der Waals surface area contributed by atoms with Crippen molar-refractivity contribution in [1.29, 1.82) is 0 Å². The Morgan fingerprint density at radius 1 is 1.24 bits per heavy atom. The molecule has 7 nitrogen and oxygen atoms in total. The average Bonchev–Trinajstić information content (AvgIpc) is 3.54. The van der Waals surface area contributed by atoms with Crippen LogP contribution in [0.5, 0.6) is 0 Å². The van der Waals surface area contributed by atoms with Crippen LogP contribution in [0.25, 0.3) is 0 Å². The van der Waals surface area contributed by atoms with Crippen LogP contribution in [-0.2, 0) is 19.1 Å². The molecule has 206 valence electrons. The first-order valence-corrected chi connectivity index (χ1v) is 14.5. The van der Waals surface area contributed by atoms with Gasteiger partial charge in [-0.25, -0.2) is 0 Å². The van der Waals surface area contributed by atoms with Gasteiger partial charge in [-0.15, -0.1) is 24.9 Å². The van der Waals surface area contributed by atoms with Crippen molar-refractivity contribution in [1.82, 2.24) is 4.90 Å². The number of hydrogen-bond donors (Lipinski definition) is 1. The molecule has 0 aromatic heterocycles. The van der Waals surface area contributed by atoms with E-state index in [1.165, 1.54) is 0 Å². The van der Waals surface area contributed by atoms with E-state index in [0.717, 1.165) is 42.5 Å². The highest BCUT2D eigenvalue weighted by molar-refractivity contribution is 8.02. The molecule has 38 heavy (non-hydrogen) atoms. The van der Waals surface area contributed by atoms with Gasteiger partial charge in [0.25, 0.3) is 5.91 Å². The Bertz CT molecular complexity index is 1090. The minimum absolute atomic E-state index is 0.0338. The van der Waals surface area contributed by atoms with E-state index < -0.39 is 22.6 Å². The fraction of sp³-hybridized carbons (Fsp3) is 0.567. The van der Waals surface area contributed by atoms with Gasteiger partial charge in [0.05, 0.1) is 23.2 Å². The van der Waals surface area contributed by atoms with Gasteiger partial charge < -0.3 is 19.6 Å². The van der Waals surface area contributed by atoms with Gasteiger partial charge in [0.1, 0.15) is 6.04 Å². The molecule has 3 heterocycles. The standard InChI is InChI=1S/C30H40N2O5S/c1-5-7-8-9-18-37-29(36)24-23-13-14-30(38-23)25(24)27(34)32(16-10-17-33)26(30)28(35)31(15-6-2)22-19-20(3)11-12-21(22)4/h5-6,11-12,19,23-26,33H,1-2,7-10,13-18H2,3-4H3/t23-,24+,25-,26?,30?/m0/s1. The summed E-state index contributed by atoms with van der Waals surface area (Å²) in [5, 5.41) is 9.54. The van der Waals surface area contributed by atoms with E-state index in [4.69, 9.17) is 4.74 Å². The van der Waals surface area contributed by atoms with Gasteiger partial charge >= 0.3 is 5.97 Å². The first-order chi connectivity index (χ1) is 18.3. The lowest BCUT2D eigenvalue weighted by Gasteiger charge is -2.37. The largest absolute Gasteiger partial charge is 0.465 e. The molecule has 1 spiro atoms. The molecule has 3 fully saturated rings. The zero-order chi connectivity index (χ0) is 27.4. The third-order valence-electron chi connectivity index (χ3n) is 8.14. The van der Waals surface area contributed by atoms with Crippen LogP contribution in [0.3, 0.4) is 0 Å². The molecule has 3 aliphatic rings. The molecule has 1 aromatic rings. The van der Waals surface area contributed by atoms with E-state index in [1.54, 1.807) is 27.6 Å². The SMILES string of the molecule is C=CCCCCOC(=O)[C@@H]1[C@@H]2CCC3(S2)C(C(=O)N(CC=C)c2cc(C)ccc2C)N(CCCO)C(=O)[C@H]13. The molecule has 1 N–H and O–H groups in total. The molecular formula is C30H40N2O5S.